The Bertz CT molecular complexity index is 2170. The quantitative estimate of drug-likeness (QED) is 0.0266. The summed E-state index contributed by atoms with van der Waals surface area (Å²) >= 11 is 0. The number of carbonyl (C=O) groups excluding carboxylic acids is 11. The Hall–Kier alpha value is -6.88. The molecular formula is C43H67N15O12S2. The number of nitrogens with zero attached hydrogens (tertiary/aromatic N) is 2. The molecule has 0 saturated carbocycles. The topological polar surface area (TPSA) is 464 Å². The van der Waals surface area contributed by atoms with Crippen molar-refractivity contribution < 1.29 is 57.8 Å². The van der Waals surface area contributed by atoms with Crippen molar-refractivity contribution in [3.05, 3.63) is 29.8 Å². The number of guanidine groups is 1. The van der Waals surface area contributed by atoms with E-state index in [0.29, 0.717) is 18.4 Å². The molecule has 20 N–H and O–H groups in total. The molecule has 2 fully saturated rings. The standard InChI is InChI=1S/C43H67N15O12S2/c1-3-21(2)34-41(69)53-26(12-13-31(45)60)37(65)55-28(17-32(46)61)38(66)56-29(20-72-71-19-24(44)35(63)54-27(39(67)57-34)16-22-8-10-23(59)11-9-22)42(70)58-15-5-7-30(58)40(68)52-25(6-4-14-50-43(48)49)36(64)51-18-33(47)62/h8-11,21,24-30,34,59H,3-7,12-20,44H2,1-2H3,(H2,45,60)(H2,46,61)(H2,47,62)(H,51,64)(H,52,68)(H,53,69)(H,54,63)(H,55,65)(H,56,66)(H,57,67)(H4,48,49,50)/t21-,24+,25+,26+,27?,28?,29+,30+,34+/m1/s1. The van der Waals surface area contributed by atoms with Crippen LogP contribution in [0.4, 0.5) is 0 Å². The molecule has 9 atom stereocenters. The Morgan fingerprint density at radius 1 is 0.806 bits per heavy atom. The summed E-state index contributed by atoms with van der Waals surface area (Å²) in [6, 6.07) is -5.40. The van der Waals surface area contributed by atoms with Crippen LogP contribution in [0.5, 0.6) is 5.75 Å². The summed E-state index contributed by atoms with van der Waals surface area (Å²) in [6.45, 7) is 2.95. The minimum Gasteiger partial charge on any atom is -0.508 e. The zero-order chi connectivity index (χ0) is 53.7. The SMILES string of the molecule is CC[C@@H](C)[C@@H]1NC(=O)C(Cc2ccc(O)cc2)NC(=O)[C@@H](N)CSSC[C@@H](C(=O)N2CCC[C@H]2C(=O)N[C@@H](CCCN=C(N)N)C(=O)NCC(N)=O)NC(=O)C(CC(N)=O)NC(=O)[C@H](CCC(N)=O)NC1=O. The average Bonchev–Trinajstić information content (AvgIpc) is 3.82. The van der Waals surface area contributed by atoms with Gasteiger partial charge in [0.15, 0.2) is 5.96 Å². The van der Waals surface area contributed by atoms with Crippen molar-refractivity contribution in [2.24, 2.45) is 45.3 Å². The Balaban J connectivity index is 2.04. The van der Waals surface area contributed by atoms with Crippen LogP contribution in [-0.2, 0) is 59.2 Å². The van der Waals surface area contributed by atoms with E-state index in [4.69, 9.17) is 34.4 Å². The van der Waals surface area contributed by atoms with Crippen LogP contribution in [0.2, 0.25) is 0 Å². The highest BCUT2D eigenvalue weighted by Gasteiger charge is 2.41. The molecule has 27 nitrogen and oxygen atoms in total. The van der Waals surface area contributed by atoms with Crippen molar-refractivity contribution >= 4 is 92.5 Å². The molecule has 2 unspecified atom stereocenters. The normalized spacial score (nSPS) is 23.6. The van der Waals surface area contributed by atoms with E-state index in [0.717, 1.165) is 21.6 Å². The summed E-state index contributed by atoms with van der Waals surface area (Å²) < 4.78 is 0. The van der Waals surface area contributed by atoms with Crippen molar-refractivity contribution in [1.29, 1.82) is 0 Å². The summed E-state index contributed by atoms with van der Waals surface area (Å²) in [6.07, 6.45) is -0.813. The second-order valence-electron chi connectivity index (χ2n) is 17.2. The zero-order valence-corrected chi connectivity index (χ0v) is 41.7. The summed E-state index contributed by atoms with van der Waals surface area (Å²) in [5.41, 5.74) is 33.7. The molecule has 29 heteroatoms. The first-order chi connectivity index (χ1) is 34.0. The smallest absolute Gasteiger partial charge is 0.246 e. The first-order valence-corrected chi connectivity index (χ1v) is 25.6. The van der Waals surface area contributed by atoms with Gasteiger partial charge in [0.2, 0.25) is 65.0 Å². The summed E-state index contributed by atoms with van der Waals surface area (Å²) in [7, 11) is 2.00. The summed E-state index contributed by atoms with van der Waals surface area (Å²) in [4.78, 5) is 152. The first-order valence-electron chi connectivity index (χ1n) is 23.1. The minimum absolute atomic E-state index is 0.00520. The minimum atomic E-state index is -1.78. The predicted octanol–water partition coefficient (Wildman–Crippen LogP) is -5.60. The van der Waals surface area contributed by atoms with E-state index >= 15 is 0 Å². The summed E-state index contributed by atoms with van der Waals surface area (Å²) in [5.74, 6) is -10.9. The molecule has 0 aromatic heterocycles. The van der Waals surface area contributed by atoms with Crippen LogP contribution in [0.15, 0.2) is 29.3 Å². The van der Waals surface area contributed by atoms with E-state index in [1.54, 1.807) is 13.8 Å². The third-order valence-electron chi connectivity index (χ3n) is 11.5. The highest BCUT2D eigenvalue weighted by Crippen LogP contribution is 2.26. The van der Waals surface area contributed by atoms with Crippen LogP contribution in [0.1, 0.15) is 70.8 Å². The number of nitrogens with one attached hydrogen (secondary N) is 7. The molecule has 11 amide bonds. The lowest BCUT2D eigenvalue weighted by atomic mass is 9.96. The molecule has 0 bridgehead atoms. The van der Waals surface area contributed by atoms with Crippen molar-refractivity contribution in [2.75, 3.05) is 31.1 Å². The van der Waals surface area contributed by atoms with E-state index in [-0.39, 0.29) is 62.0 Å². The number of hydrogen-bond acceptors (Lipinski definition) is 16. The lowest BCUT2D eigenvalue weighted by Gasteiger charge is -2.31. The van der Waals surface area contributed by atoms with E-state index in [9.17, 15) is 57.8 Å². The number of amides is 11. The van der Waals surface area contributed by atoms with Crippen molar-refractivity contribution in [1.82, 2.24) is 42.1 Å². The van der Waals surface area contributed by atoms with Crippen LogP contribution >= 0.6 is 21.6 Å². The van der Waals surface area contributed by atoms with Gasteiger partial charge in [-0.2, -0.15) is 0 Å². The Kier molecular flexibility index (Phi) is 24.3. The first kappa shape index (κ1) is 59.4. The second kappa shape index (κ2) is 29.5. The number of likely N-dealkylation sites (tertiary alicyclic amines) is 1. The van der Waals surface area contributed by atoms with Crippen LogP contribution in [0.25, 0.3) is 0 Å². The molecule has 0 radical (unpaired) electrons. The van der Waals surface area contributed by atoms with Gasteiger partial charge in [-0.05, 0) is 55.7 Å². The van der Waals surface area contributed by atoms with Gasteiger partial charge in [0.1, 0.15) is 48.0 Å². The van der Waals surface area contributed by atoms with Gasteiger partial charge in [0.25, 0.3) is 0 Å². The van der Waals surface area contributed by atoms with E-state index in [2.05, 4.69) is 42.2 Å². The number of hydrogen-bond donors (Lipinski definition) is 14. The number of phenolic OH excluding ortho intramolecular Hbond substituents is 1. The van der Waals surface area contributed by atoms with E-state index in [1.165, 1.54) is 29.2 Å². The zero-order valence-electron chi connectivity index (χ0n) is 40.0. The maximum absolute atomic E-state index is 14.5. The van der Waals surface area contributed by atoms with Gasteiger partial charge in [-0.25, -0.2) is 0 Å². The molecule has 2 aliphatic rings. The predicted molar refractivity (Wildman–Crippen MR) is 265 cm³/mol. The number of aliphatic imine (C=N–C) groups is 1. The van der Waals surface area contributed by atoms with Crippen molar-refractivity contribution in [3.63, 3.8) is 0 Å². The molecule has 0 spiro atoms. The van der Waals surface area contributed by atoms with Crippen LogP contribution < -0.4 is 71.6 Å². The molecule has 398 valence electrons. The van der Waals surface area contributed by atoms with E-state index in [1.807, 2.05) is 0 Å². The van der Waals surface area contributed by atoms with Gasteiger partial charge in [-0.15, -0.1) is 0 Å². The highest BCUT2D eigenvalue weighted by molar-refractivity contribution is 8.76. The molecule has 2 heterocycles. The van der Waals surface area contributed by atoms with Gasteiger partial charge in [-0.3, -0.25) is 57.7 Å². The fourth-order valence-corrected chi connectivity index (χ4v) is 9.69. The number of phenols is 1. The number of rotatable bonds is 19. The third-order valence-corrected chi connectivity index (χ3v) is 14.0. The number of benzene rings is 1. The maximum atomic E-state index is 14.5. The Morgan fingerprint density at radius 3 is 2.06 bits per heavy atom. The maximum Gasteiger partial charge on any atom is 0.246 e. The van der Waals surface area contributed by atoms with Crippen LogP contribution in [0.3, 0.4) is 0 Å². The van der Waals surface area contributed by atoms with Crippen molar-refractivity contribution in [2.45, 2.75) is 120 Å². The lowest BCUT2D eigenvalue weighted by molar-refractivity contribution is -0.142. The Morgan fingerprint density at radius 2 is 1.43 bits per heavy atom. The molecule has 3 rings (SSSR count). The molecule has 0 aliphatic carbocycles. The van der Waals surface area contributed by atoms with Gasteiger partial charge in [0, 0.05) is 37.4 Å². The number of carbonyl (C=O) groups is 11. The average molecular weight is 1050 g/mol. The van der Waals surface area contributed by atoms with Crippen LogP contribution in [0, 0.1) is 5.92 Å². The lowest BCUT2D eigenvalue weighted by Crippen LogP contribution is -2.61. The largest absolute Gasteiger partial charge is 0.508 e. The fraction of sp³-hybridized carbons (Fsp3) is 0.581. The fourth-order valence-electron chi connectivity index (χ4n) is 7.41. The highest BCUT2D eigenvalue weighted by atomic mass is 33.1. The van der Waals surface area contributed by atoms with Crippen LogP contribution in [-0.4, -0.2) is 160 Å². The molecule has 72 heavy (non-hydrogen) atoms. The van der Waals surface area contributed by atoms with Gasteiger partial charge in [-0.1, -0.05) is 54.0 Å². The van der Waals surface area contributed by atoms with Gasteiger partial charge < -0.3 is 81.6 Å². The second-order valence-corrected chi connectivity index (χ2v) is 19.8. The summed E-state index contributed by atoms with van der Waals surface area (Å²) in [5, 5.41) is 27.6. The number of nitrogens with two attached hydrogens (primary N) is 6. The molecule has 1 aromatic carbocycles. The Labute approximate surface area is 423 Å². The molecule has 2 saturated heterocycles. The third kappa shape index (κ3) is 19.7. The van der Waals surface area contributed by atoms with Gasteiger partial charge >= 0.3 is 0 Å². The van der Waals surface area contributed by atoms with Gasteiger partial charge in [0.05, 0.1) is 19.0 Å². The monoisotopic (exact) mass is 1050 g/mol. The number of aromatic hydroxyl groups is 1. The van der Waals surface area contributed by atoms with Crippen molar-refractivity contribution in [3.8, 4) is 5.75 Å². The molecule has 2 aliphatic heterocycles. The molecule has 1 aromatic rings. The molecular weight excluding hydrogens is 983 g/mol. The van der Waals surface area contributed by atoms with E-state index < -0.39 is 145 Å². The number of primary amides is 3.